The predicted octanol–water partition coefficient (Wildman–Crippen LogP) is 1.76. The second-order valence-electron chi connectivity index (χ2n) is 6.45. The van der Waals surface area contributed by atoms with Crippen LogP contribution in [0.2, 0.25) is 0 Å². The molecule has 1 aliphatic rings. The molecule has 1 amide bonds. The number of nitrogens with zero attached hydrogens (tertiary/aromatic N) is 4. The van der Waals surface area contributed by atoms with Crippen LogP contribution in [0, 0.1) is 12.8 Å². The Bertz CT molecular complexity index is 731. The van der Waals surface area contributed by atoms with Crippen molar-refractivity contribution in [1.82, 2.24) is 25.1 Å². The van der Waals surface area contributed by atoms with Crippen LogP contribution in [-0.2, 0) is 4.74 Å². The monoisotopic (exact) mass is 345 g/mol. The molecular formula is C17H23N5O3. The third-order valence-corrected chi connectivity index (χ3v) is 3.81. The standard InChI is InChI=1S/C17H23N5O3/c1-11(2)10-25-16-13(5-4-6-18-16)17(23)22-7-8-24-14(9-22)15-19-12(3)20-21-15/h4-6,11,14H,7-10H2,1-3H3,(H,19,20,21)/t14-/m0/s1. The molecule has 1 fully saturated rings. The minimum absolute atomic E-state index is 0.118. The Balaban J connectivity index is 1.74. The summed E-state index contributed by atoms with van der Waals surface area (Å²) in [6, 6.07) is 3.48. The number of nitrogens with one attached hydrogen (secondary N) is 1. The number of aryl methyl sites for hydroxylation is 1. The number of aromatic amines is 1. The molecule has 0 unspecified atom stereocenters. The first-order chi connectivity index (χ1) is 12.0. The number of carbonyl (C=O) groups excluding carboxylic acids is 1. The Morgan fingerprint density at radius 3 is 3.08 bits per heavy atom. The van der Waals surface area contributed by atoms with Gasteiger partial charge in [-0.05, 0) is 25.0 Å². The van der Waals surface area contributed by atoms with E-state index in [0.29, 0.717) is 49.5 Å². The number of hydrogen-bond donors (Lipinski definition) is 1. The molecule has 0 bridgehead atoms. The van der Waals surface area contributed by atoms with E-state index >= 15 is 0 Å². The molecule has 0 aromatic carbocycles. The fraction of sp³-hybridized carbons (Fsp3) is 0.529. The van der Waals surface area contributed by atoms with Crippen LogP contribution in [0.5, 0.6) is 5.88 Å². The first-order valence-corrected chi connectivity index (χ1v) is 8.42. The molecular weight excluding hydrogens is 322 g/mol. The van der Waals surface area contributed by atoms with Crippen molar-refractivity contribution in [2.24, 2.45) is 5.92 Å². The maximum atomic E-state index is 12.9. The van der Waals surface area contributed by atoms with Crippen molar-refractivity contribution < 1.29 is 14.3 Å². The van der Waals surface area contributed by atoms with Crippen LogP contribution >= 0.6 is 0 Å². The molecule has 134 valence electrons. The van der Waals surface area contributed by atoms with Crippen LogP contribution in [0.1, 0.15) is 42.0 Å². The van der Waals surface area contributed by atoms with E-state index < -0.39 is 0 Å². The van der Waals surface area contributed by atoms with Gasteiger partial charge in [0.05, 0.1) is 19.8 Å². The second-order valence-corrected chi connectivity index (χ2v) is 6.45. The first kappa shape index (κ1) is 17.3. The first-order valence-electron chi connectivity index (χ1n) is 8.42. The van der Waals surface area contributed by atoms with E-state index in [9.17, 15) is 4.79 Å². The molecule has 3 rings (SSSR count). The molecule has 2 aromatic rings. The zero-order valence-electron chi connectivity index (χ0n) is 14.7. The summed E-state index contributed by atoms with van der Waals surface area (Å²) in [5, 5.41) is 6.94. The van der Waals surface area contributed by atoms with Gasteiger partial charge >= 0.3 is 0 Å². The van der Waals surface area contributed by atoms with Crippen molar-refractivity contribution in [3.05, 3.63) is 35.5 Å². The molecule has 1 aliphatic heterocycles. The van der Waals surface area contributed by atoms with Crippen LogP contribution in [-0.4, -0.2) is 57.3 Å². The van der Waals surface area contributed by atoms with Gasteiger partial charge in [-0.3, -0.25) is 9.89 Å². The fourth-order valence-corrected chi connectivity index (χ4v) is 2.58. The topological polar surface area (TPSA) is 93.2 Å². The van der Waals surface area contributed by atoms with E-state index in [-0.39, 0.29) is 12.0 Å². The van der Waals surface area contributed by atoms with Crippen LogP contribution in [0.4, 0.5) is 0 Å². The van der Waals surface area contributed by atoms with Gasteiger partial charge in [0.2, 0.25) is 5.88 Å². The van der Waals surface area contributed by atoms with Gasteiger partial charge in [-0.1, -0.05) is 13.8 Å². The molecule has 1 N–H and O–H groups in total. The third-order valence-electron chi connectivity index (χ3n) is 3.81. The number of morpholine rings is 1. The maximum Gasteiger partial charge on any atom is 0.259 e. The lowest BCUT2D eigenvalue weighted by molar-refractivity contribution is -0.0268. The number of hydrogen-bond acceptors (Lipinski definition) is 6. The summed E-state index contributed by atoms with van der Waals surface area (Å²) in [5.41, 5.74) is 0.468. The molecule has 2 aromatic heterocycles. The van der Waals surface area contributed by atoms with E-state index in [1.165, 1.54) is 0 Å². The highest BCUT2D eigenvalue weighted by Crippen LogP contribution is 2.23. The number of amides is 1. The summed E-state index contributed by atoms with van der Waals surface area (Å²) in [5.74, 6) is 1.90. The van der Waals surface area contributed by atoms with E-state index in [2.05, 4.69) is 34.0 Å². The predicted molar refractivity (Wildman–Crippen MR) is 90.3 cm³/mol. The molecule has 1 atom stereocenters. The highest BCUT2D eigenvalue weighted by molar-refractivity contribution is 5.96. The molecule has 0 radical (unpaired) electrons. The quantitative estimate of drug-likeness (QED) is 0.887. The Hall–Kier alpha value is -2.48. The highest BCUT2D eigenvalue weighted by Gasteiger charge is 2.30. The molecule has 0 aliphatic carbocycles. The van der Waals surface area contributed by atoms with Crippen molar-refractivity contribution in [2.45, 2.75) is 26.9 Å². The summed E-state index contributed by atoms with van der Waals surface area (Å²) in [4.78, 5) is 23.2. The minimum atomic E-state index is -0.334. The molecule has 0 saturated carbocycles. The van der Waals surface area contributed by atoms with Gasteiger partial charge < -0.3 is 14.4 Å². The summed E-state index contributed by atoms with van der Waals surface area (Å²) < 4.78 is 11.4. The van der Waals surface area contributed by atoms with Crippen molar-refractivity contribution in [1.29, 1.82) is 0 Å². The maximum absolute atomic E-state index is 12.9. The lowest BCUT2D eigenvalue weighted by Crippen LogP contribution is -2.42. The van der Waals surface area contributed by atoms with Crippen molar-refractivity contribution in [3.8, 4) is 5.88 Å². The van der Waals surface area contributed by atoms with E-state index in [1.807, 2.05) is 6.92 Å². The zero-order chi connectivity index (χ0) is 17.8. The van der Waals surface area contributed by atoms with Gasteiger partial charge in [0, 0.05) is 12.7 Å². The average Bonchev–Trinajstić information content (AvgIpc) is 3.06. The van der Waals surface area contributed by atoms with Gasteiger partial charge in [0.15, 0.2) is 5.82 Å². The number of rotatable bonds is 5. The normalized spacial score (nSPS) is 17.8. The average molecular weight is 345 g/mol. The Labute approximate surface area is 146 Å². The van der Waals surface area contributed by atoms with Crippen LogP contribution in [0.25, 0.3) is 0 Å². The molecule has 8 heteroatoms. The van der Waals surface area contributed by atoms with E-state index in [4.69, 9.17) is 9.47 Å². The highest BCUT2D eigenvalue weighted by atomic mass is 16.5. The zero-order valence-corrected chi connectivity index (χ0v) is 14.7. The number of aromatic nitrogens is 4. The molecule has 8 nitrogen and oxygen atoms in total. The van der Waals surface area contributed by atoms with Crippen molar-refractivity contribution in [3.63, 3.8) is 0 Å². The number of H-pyrrole nitrogens is 1. The van der Waals surface area contributed by atoms with E-state index in [0.717, 1.165) is 5.82 Å². The summed E-state index contributed by atoms with van der Waals surface area (Å²) in [6.45, 7) is 7.79. The largest absolute Gasteiger partial charge is 0.477 e. The van der Waals surface area contributed by atoms with Crippen molar-refractivity contribution >= 4 is 5.91 Å². The van der Waals surface area contributed by atoms with Gasteiger partial charge in [0.25, 0.3) is 5.91 Å². The Kier molecular flexibility index (Phi) is 5.28. The fourth-order valence-electron chi connectivity index (χ4n) is 2.58. The Morgan fingerprint density at radius 1 is 1.52 bits per heavy atom. The summed E-state index contributed by atoms with van der Waals surface area (Å²) in [7, 11) is 0. The lowest BCUT2D eigenvalue weighted by Gasteiger charge is -2.31. The van der Waals surface area contributed by atoms with Crippen LogP contribution in [0.15, 0.2) is 18.3 Å². The molecule has 1 saturated heterocycles. The van der Waals surface area contributed by atoms with Crippen LogP contribution in [0.3, 0.4) is 0 Å². The SMILES string of the molecule is Cc1nc([C@@H]2CN(C(=O)c3cccnc3OCC(C)C)CCO2)n[nH]1. The molecule has 0 spiro atoms. The summed E-state index contributed by atoms with van der Waals surface area (Å²) >= 11 is 0. The van der Waals surface area contributed by atoms with Gasteiger partial charge in [-0.15, -0.1) is 0 Å². The lowest BCUT2D eigenvalue weighted by atomic mass is 10.2. The van der Waals surface area contributed by atoms with Gasteiger partial charge in [-0.2, -0.15) is 5.10 Å². The molecule has 25 heavy (non-hydrogen) atoms. The third kappa shape index (κ3) is 4.14. The number of pyridine rings is 1. The minimum Gasteiger partial charge on any atom is -0.477 e. The number of carbonyl (C=O) groups is 1. The van der Waals surface area contributed by atoms with Gasteiger partial charge in [0.1, 0.15) is 17.5 Å². The van der Waals surface area contributed by atoms with Crippen molar-refractivity contribution in [2.75, 3.05) is 26.3 Å². The Morgan fingerprint density at radius 2 is 2.36 bits per heavy atom. The molecule has 3 heterocycles. The smallest absolute Gasteiger partial charge is 0.259 e. The van der Waals surface area contributed by atoms with Gasteiger partial charge in [-0.25, -0.2) is 9.97 Å². The number of ether oxygens (including phenoxy) is 2. The van der Waals surface area contributed by atoms with Crippen LogP contribution < -0.4 is 4.74 Å². The second kappa shape index (κ2) is 7.60. The van der Waals surface area contributed by atoms with E-state index in [1.54, 1.807) is 23.2 Å². The summed E-state index contributed by atoms with van der Waals surface area (Å²) in [6.07, 6.45) is 1.30.